The summed E-state index contributed by atoms with van der Waals surface area (Å²) in [4.78, 5) is 17.3. The Kier molecular flexibility index (Phi) is 7.04. The number of carbonyl (C=O) groups excluding carboxylic acids is 1. The van der Waals surface area contributed by atoms with Gasteiger partial charge in [0.1, 0.15) is 28.0 Å². The van der Waals surface area contributed by atoms with Crippen molar-refractivity contribution in [1.29, 1.82) is 0 Å². The molecule has 0 spiro atoms. The Morgan fingerprint density at radius 1 is 0.970 bits per heavy atom. The lowest BCUT2D eigenvalue weighted by Gasteiger charge is -2.06. The van der Waals surface area contributed by atoms with Gasteiger partial charge >= 0.3 is 0 Å². The van der Waals surface area contributed by atoms with Crippen LogP contribution >= 0.6 is 11.3 Å². The number of hydrogen-bond donors (Lipinski definition) is 1. The van der Waals surface area contributed by atoms with Gasteiger partial charge in [-0.3, -0.25) is 9.48 Å². The molecule has 0 saturated carbocycles. The van der Waals surface area contributed by atoms with Gasteiger partial charge in [-0.25, -0.2) is 4.98 Å². The van der Waals surface area contributed by atoms with Gasteiger partial charge in [-0.15, -0.1) is 11.3 Å². The second kappa shape index (κ2) is 10.3. The Labute approximate surface area is 197 Å². The molecular weight excluding hydrogens is 436 g/mol. The van der Waals surface area contributed by atoms with E-state index in [0.29, 0.717) is 19.0 Å². The highest BCUT2D eigenvalue weighted by Gasteiger charge is 2.14. The predicted molar refractivity (Wildman–Crippen MR) is 131 cm³/mol. The van der Waals surface area contributed by atoms with Gasteiger partial charge in [0, 0.05) is 24.1 Å². The van der Waals surface area contributed by atoms with Gasteiger partial charge < -0.3 is 14.8 Å². The van der Waals surface area contributed by atoms with Gasteiger partial charge in [-0.05, 0) is 55.8 Å². The number of nitrogens with zero attached hydrogens (tertiary/aromatic N) is 3. The molecule has 0 bridgehead atoms. The lowest BCUT2D eigenvalue weighted by atomic mass is 10.1. The van der Waals surface area contributed by atoms with Crippen LogP contribution in [0.15, 0.2) is 60.0 Å². The highest BCUT2D eigenvalue weighted by atomic mass is 32.1. The fraction of sp³-hybridized carbons (Fsp3) is 0.240. The molecule has 0 aliphatic heterocycles. The van der Waals surface area contributed by atoms with Gasteiger partial charge in [-0.2, -0.15) is 5.10 Å². The monoisotopic (exact) mass is 462 g/mol. The van der Waals surface area contributed by atoms with E-state index in [4.69, 9.17) is 14.5 Å². The fourth-order valence-electron chi connectivity index (χ4n) is 3.34. The molecular formula is C25H26N4O3S. The van der Waals surface area contributed by atoms with E-state index in [-0.39, 0.29) is 12.3 Å². The van der Waals surface area contributed by atoms with Crippen LogP contribution in [-0.2, 0) is 18.3 Å². The van der Waals surface area contributed by atoms with Crippen molar-refractivity contribution in [3.63, 3.8) is 0 Å². The van der Waals surface area contributed by atoms with Crippen molar-refractivity contribution in [3.8, 4) is 33.5 Å². The molecule has 2 aromatic carbocycles. The first-order valence-electron chi connectivity index (χ1n) is 10.8. The Morgan fingerprint density at radius 3 is 2.24 bits per heavy atom. The number of benzene rings is 2. The summed E-state index contributed by atoms with van der Waals surface area (Å²) in [5, 5.41) is 10.3. The molecule has 8 heteroatoms. The summed E-state index contributed by atoms with van der Waals surface area (Å²) in [6.07, 6.45) is 0.270. The SMILES string of the molecule is CCOc1ccc(CC(=O)Nc2cc(-c3nc(-c4ccc(OCC)cc4)cs3)nn2C)cc1. The number of carbonyl (C=O) groups is 1. The van der Waals surface area contributed by atoms with Gasteiger partial charge in [0.2, 0.25) is 5.91 Å². The largest absolute Gasteiger partial charge is 0.494 e. The maximum atomic E-state index is 12.5. The smallest absolute Gasteiger partial charge is 0.229 e. The molecule has 33 heavy (non-hydrogen) atoms. The van der Waals surface area contributed by atoms with Crippen molar-refractivity contribution >= 4 is 23.1 Å². The zero-order valence-electron chi connectivity index (χ0n) is 18.9. The number of anilines is 1. The van der Waals surface area contributed by atoms with Gasteiger partial charge in [0.25, 0.3) is 0 Å². The van der Waals surface area contributed by atoms with E-state index >= 15 is 0 Å². The number of nitrogens with one attached hydrogen (secondary N) is 1. The summed E-state index contributed by atoms with van der Waals surface area (Å²) in [5.74, 6) is 2.15. The third kappa shape index (κ3) is 5.59. The first-order chi connectivity index (χ1) is 16.1. The van der Waals surface area contributed by atoms with Crippen LogP contribution in [0, 0.1) is 0 Å². The highest BCUT2D eigenvalue weighted by molar-refractivity contribution is 7.13. The molecule has 170 valence electrons. The van der Waals surface area contributed by atoms with Crippen LogP contribution in [0.1, 0.15) is 19.4 Å². The molecule has 4 rings (SSSR count). The normalized spacial score (nSPS) is 10.8. The van der Waals surface area contributed by atoms with Crippen molar-refractivity contribution in [2.75, 3.05) is 18.5 Å². The van der Waals surface area contributed by atoms with E-state index < -0.39 is 0 Å². The van der Waals surface area contributed by atoms with Crippen molar-refractivity contribution in [1.82, 2.24) is 14.8 Å². The van der Waals surface area contributed by atoms with Crippen LogP contribution < -0.4 is 14.8 Å². The third-order valence-electron chi connectivity index (χ3n) is 4.93. The average molecular weight is 463 g/mol. The minimum atomic E-state index is -0.108. The second-order valence-corrected chi connectivity index (χ2v) is 8.19. The van der Waals surface area contributed by atoms with E-state index in [1.807, 2.05) is 73.8 Å². The summed E-state index contributed by atoms with van der Waals surface area (Å²) >= 11 is 1.52. The second-order valence-electron chi connectivity index (χ2n) is 7.34. The maximum absolute atomic E-state index is 12.5. The van der Waals surface area contributed by atoms with Crippen LogP contribution in [0.5, 0.6) is 11.5 Å². The topological polar surface area (TPSA) is 78.3 Å². The molecule has 0 aliphatic carbocycles. The Morgan fingerprint density at radius 2 is 1.61 bits per heavy atom. The Bertz CT molecular complexity index is 1210. The lowest BCUT2D eigenvalue weighted by Crippen LogP contribution is -2.16. The first kappa shape index (κ1) is 22.5. The van der Waals surface area contributed by atoms with Crippen LogP contribution in [-0.4, -0.2) is 33.9 Å². The Hall–Kier alpha value is -3.65. The van der Waals surface area contributed by atoms with Crippen molar-refractivity contribution in [2.45, 2.75) is 20.3 Å². The molecule has 0 radical (unpaired) electrons. The quantitative estimate of drug-likeness (QED) is 0.370. The molecule has 0 unspecified atom stereocenters. The van der Waals surface area contributed by atoms with Crippen LogP contribution in [0.25, 0.3) is 22.0 Å². The summed E-state index contributed by atoms with van der Waals surface area (Å²) in [7, 11) is 1.80. The highest BCUT2D eigenvalue weighted by Crippen LogP contribution is 2.30. The molecule has 0 atom stereocenters. The first-order valence-corrected chi connectivity index (χ1v) is 11.7. The zero-order valence-corrected chi connectivity index (χ0v) is 19.7. The number of aromatic nitrogens is 3. The average Bonchev–Trinajstić information content (AvgIpc) is 3.43. The minimum Gasteiger partial charge on any atom is -0.494 e. The van der Waals surface area contributed by atoms with E-state index in [2.05, 4.69) is 10.4 Å². The van der Waals surface area contributed by atoms with E-state index in [1.165, 1.54) is 11.3 Å². The number of aryl methyl sites for hydroxylation is 1. The van der Waals surface area contributed by atoms with Crippen LogP contribution in [0.3, 0.4) is 0 Å². The number of rotatable bonds is 9. The van der Waals surface area contributed by atoms with Crippen molar-refractivity contribution < 1.29 is 14.3 Å². The Balaban J connectivity index is 1.42. The summed E-state index contributed by atoms with van der Waals surface area (Å²) in [5.41, 5.74) is 3.53. The molecule has 1 N–H and O–H groups in total. The van der Waals surface area contributed by atoms with Crippen LogP contribution in [0.4, 0.5) is 5.82 Å². The van der Waals surface area contributed by atoms with Gasteiger partial charge in [0.05, 0.1) is 25.3 Å². The van der Waals surface area contributed by atoms with Crippen LogP contribution in [0.2, 0.25) is 0 Å². The molecule has 2 heterocycles. The number of hydrogen-bond acceptors (Lipinski definition) is 6. The summed E-state index contributed by atoms with van der Waals surface area (Å²) in [6.45, 7) is 5.16. The maximum Gasteiger partial charge on any atom is 0.229 e. The third-order valence-corrected chi connectivity index (χ3v) is 5.80. The molecule has 0 fully saturated rings. The number of thiazole rings is 1. The van der Waals surface area contributed by atoms with Crippen molar-refractivity contribution in [2.24, 2.45) is 7.05 Å². The molecule has 7 nitrogen and oxygen atoms in total. The van der Waals surface area contributed by atoms with Gasteiger partial charge in [0.15, 0.2) is 0 Å². The zero-order chi connectivity index (χ0) is 23.2. The molecule has 4 aromatic rings. The molecule has 0 aliphatic rings. The molecule has 0 saturated heterocycles. The number of ether oxygens (including phenoxy) is 2. The molecule has 1 amide bonds. The van der Waals surface area contributed by atoms with Gasteiger partial charge in [-0.1, -0.05) is 12.1 Å². The summed E-state index contributed by atoms with van der Waals surface area (Å²) in [6, 6.07) is 17.3. The summed E-state index contributed by atoms with van der Waals surface area (Å²) < 4.78 is 12.6. The van der Waals surface area contributed by atoms with E-state index in [9.17, 15) is 4.79 Å². The lowest BCUT2D eigenvalue weighted by molar-refractivity contribution is -0.115. The number of amides is 1. The predicted octanol–water partition coefficient (Wildman–Crippen LogP) is 5.19. The van der Waals surface area contributed by atoms with E-state index in [1.54, 1.807) is 11.7 Å². The molecule has 2 aromatic heterocycles. The van der Waals surface area contributed by atoms with E-state index in [0.717, 1.165) is 39.0 Å². The van der Waals surface area contributed by atoms with Crippen molar-refractivity contribution in [3.05, 3.63) is 65.5 Å². The minimum absolute atomic E-state index is 0.108. The fourth-order valence-corrected chi connectivity index (χ4v) is 4.13. The standard InChI is InChI=1S/C25H26N4O3S/c1-4-31-19-10-6-17(7-11-19)14-24(30)27-23-15-21(28-29(23)3)25-26-22(16-33-25)18-8-12-20(13-9-18)32-5-2/h6-13,15-16H,4-5,14H2,1-3H3,(H,27,30).